The van der Waals surface area contributed by atoms with E-state index in [1.807, 2.05) is 70.2 Å². The summed E-state index contributed by atoms with van der Waals surface area (Å²) in [5.41, 5.74) is 5.58. The third-order valence-corrected chi connectivity index (χ3v) is 4.77. The largest absolute Gasteiger partial charge is 0.393 e. The summed E-state index contributed by atoms with van der Waals surface area (Å²) in [6, 6.07) is 0. The van der Waals surface area contributed by atoms with Crippen LogP contribution in [0.3, 0.4) is 0 Å². The highest BCUT2D eigenvalue weighted by molar-refractivity contribution is 5.72. The van der Waals surface area contributed by atoms with E-state index >= 15 is 0 Å². The van der Waals surface area contributed by atoms with Crippen molar-refractivity contribution in [3.63, 3.8) is 0 Å². The first-order valence-corrected chi connectivity index (χ1v) is 9.68. The lowest BCUT2D eigenvalue weighted by molar-refractivity contribution is -0.104. The Kier molecular flexibility index (Phi) is 8.84. The van der Waals surface area contributed by atoms with E-state index in [4.69, 9.17) is 0 Å². The Morgan fingerprint density at radius 3 is 2.11 bits per heavy atom. The molecule has 1 saturated carbocycles. The van der Waals surface area contributed by atoms with Crippen LogP contribution in [0.4, 0.5) is 0 Å². The summed E-state index contributed by atoms with van der Waals surface area (Å²) < 4.78 is 0. The molecule has 2 unspecified atom stereocenters. The second-order valence-corrected chi connectivity index (χ2v) is 8.48. The van der Waals surface area contributed by atoms with E-state index in [-0.39, 0.29) is 5.41 Å². The predicted octanol–water partition coefficient (Wildman–Crippen LogP) is 5.15. The summed E-state index contributed by atoms with van der Waals surface area (Å²) in [6.07, 6.45) is 16.6. The van der Waals surface area contributed by atoms with E-state index in [0.717, 1.165) is 23.0 Å². The van der Waals surface area contributed by atoms with Gasteiger partial charge in [0, 0.05) is 12.0 Å². The fraction of sp³-hybridized carbons (Fsp3) is 0.440. The molecule has 1 aliphatic carbocycles. The Bertz CT molecular complexity index is 757. The normalized spacial score (nSPS) is 26.6. The monoisotopic (exact) mass is 382 g/mol. The number of allylic oxidation sites excluding steroid dienone is 10. The Hall–Kier alpha value is -2.19. The fourth-order valence-electron chi connectivity index (χ4n) is 3.50. The van der Waals surface area contributed by atoms with E-state index in [0.29, 0.717) is 18.4 Å². The second-order valence-electron chi connectivity index (χ2n) is 8.48. The summed E-state index contributed by atoms with van der Waals surface area (Å²) in [7, 11) is 0. The van der Waals surface area contributed by atoms with Gasteiger partial charge < -0.3 is 10.2 Å². The van der Waals surface area contributed by atoms with E-state index in [1.165, 1.54) is 0 Å². The van der Waals surface area contributed by atoms with Crippen molar-refractivity contribution in [3.05, 3.63) is 76.6 Å². The molecular formula is C25H34O3. The molecule has 0 saturated heterocycles. The molecule has 152 valence electrons. The summed E-state index contributed by atoms with van der Waals surface area (Å²) >= 11 is 0. The zero-order chi connectivity index (χ0) is 21.4. The molecule has 0 aliphatic heterocycles. The minimum atomic E-state index is -1.05. The Morgan fingerprint density at radius 2 is 1.54 bits per heavy atom. The molecule has 0 spiro atoms. The lowest BCUT2D eigenvalue weighted by Gasteiger charge is -2.43. The summed E-state index contributed by atoms with van der Waals surface area (Å²) in [5.74, 6) is 0. The molecule has 0 amide bonds. The highest BCUT2D eigenvalue weighted by atomic mass is 16.3. The summed E-state index contributed by atoms with van der Waals surface area (Å²) in [5, 5.41) is 20.7. The van der Waals surface area contributed by atoms with Crippen molar-refractivity contribution in [3.8, 4) is 0 Å². The molecule has 1 aliphatic rings. The van der Waals surface area contributed by atoms with Crippen molar-refractivity contribution in [2.75, 3.05) is 0 Å². The van der Waals surface area contributed by atoms with Crippen molar-refractivity contribution in [2.24, 2.45) is 5.41 Å². The standard InChI is InChI=1S/C25H34O3/c1-19(10-7-8-11-21(3)18-26)12-9-13-20(2)14-15-23-24(4,5)16-22(27)17-25(23,6)28/h7-14,18,22,27-28H,16-17H2,1-6H3. The molecule has 0 aromatic carbocycles. The van der Waals surface area contributed by atoms with E-state index in [1.54, 1.807) is 19.9 Å². The first-order valence-electron chi connectivity index (χ1n) is 9.68. The Labute approximate surface area is 169 Å². The molecule has 0 aromatic rings. The fourth-order valence-corrected chi connectivity index (χ4v) is 3.50. The number of rotatable bonds is 6. The van der Waals surface area contributed by atoms with E-state index < -0.39 is 11.7 Å². The zero-order valence-electron chi connectivity index (χ0n) is 18.0. The van der Waals surface area contributed by atoms with Crippen molar-refractivity contribution in [2.45, 2.75) is 66.1 Å². The number of aliphatic hydroxyl groups excluding tert-OH is 1. The summed E-state index contributed by atoms with van der Waals surface area (Å²) in [4.78, 5) is 10.5. The molecule has 0 radical (unpaired) electrons. The highest BCUT2D eigenvalue weighted by Crippen LogP contribution is 2.45. The van der Waals surface area contributed by atoms with Gasteiger partial charge in [-0.3, -0.25) is 4.79 Å². The van der Waals surface area contributed by atoms with Crippen LogP contribution in [0.15, 0.2) is 76.6 Å². The quantitative estimate of drug-likeness (QED) is 0.289. The molecule has 2 atom stereocenters. The predicted molar refractivity (Wildman–Crippen MR) is 117 cm³/mol. The van der Waals surface area contributed by atoms with Gasteiger partial charge >= 0.3 is 0 Å². The minimum Gasteiger partial charge on any atom is -0.393 e. The molecule has 0 heterocycles. The molecule has 2 N–H and O–H groups in total. The van der Waals surface area contributed by atoms with Crippen molar-refractivity contribution >= 4 is 6.29 Å². The van der Waals surface area contributed by atoms with Gasteiger partial charge in [-0.15, -0.1) is 5.73 Å². The van der Waals surface area contributed by atoms with Crippen LogP contribution >= 0.6 is 0 Å². The average Bonchev–Trinajstić information content (AvgIpc) is 2.55. The first kappa shape index (κ1) is 23.8. The molecule has 0 aromatic heterocycles. The number of aliphatic hydroxyl groups is 2. The maximum atomic E-state index is 10.7. The lowest BCUT2D eigenvalue weighted by atomic mass is 9.65. The maximum Gasteiger partial charge on any atom is 0.145 e. The Balaban J connectivity index is 2.89. The van der Waals surface area contributed by atoms with Crippen LogP contribution in [0, 0.1) is 5.41 Å². The van der Waals surface area contributed by atoms with Crippen molar-refractivity contribution in [1.82, 2.24) is 0 Å². The van der Waals surface area contributed by atoms with Crippen LogP contribution in [-0.2, 0) is 4.79 Å². The second kappa shape index (κ2) is 10.4. The smallest absolute Gasteiger partial charge is 0.145 e. The van der Waals surface area contributed by atoms with Gasteiger partial charge in [0.05, 0.1) is 11.7 Å². The van der Waals surface area contributed by atoms with E-state index in [2.05, 4.69) is 5.73 Å². The third-order valence-electron chi connectivity index (χ3n) is 4.77. The van der Waals surface area contributed by atoms with Crippen LogP contribution in [0.2, 0.25) is 0 Å². The molecular weight excluding hydrogens is 348 g/mol. The van der Waals surface area contributed by atoms with Crippen LogP contribution in [-0.4, -0.2) is 28.2 Å². The molecule has 3 heteroatoms. The van der Waals surface area contributed by atoms with Gasteiger partial charge in [0.2, 0.25) is 0 Å². The molecule has 1 fully saturated rings. The molecule has 28 heavy (non-hydrogen) atoms. The number of hydrogen-bond acceptors (Lipinski definition) is 3. The van der Waals surface area contributed by atoms with Gasteiger partial charge in [-0.05, 0) is 56.8 Å². The molecule has 1 rings (SSSR count). The lowest BCUT2D eigenvalue weighted by Crippen LogP contribution is -2.45. The van der Waals surface area contributed by atoms with Gasteiger partial charge in [0.25, 0.3) is 0 Å². The van der Waals surface area contributed by atoms with Crippen molar-refractivity contribution in [1.29, 1.82) is 0 Å². The van der Waals surface area contributed by atoms with Crippen molar-refractivity contribution < 1.29 is 15.0 Å². The third kappa shape index (κ3) is 7.82. The number of hydrogen-bond donors (Lipinski definition) is 2. The van der Waals surface area contributed by atoms with Gasteiger partial charge in [0.15, 0.2) is 0 Å². The molecule has 0 bridgehead atoms. The topological polar surface area (TPSA) is 57.5 Å². The number of carbonyl (C=O) groups excluding carboxylic acids is 1. The average molecular weight is 383 g/mol. The SMILES string of the molecule is CC(C=O)=CC=CC=C(C)C=CC=C(C)C=C=C1C(C)(C)CC(O)CC1(C)O. The van der Waals surface area contributed by atoms with E-state index in [9.17, 15) is 15.0 Å². The van der Waals surface area contributed by atoms with Crippen LogP contribution < -0.4 is 0 Å². The van der Waals surface area contributed by atoms with Crippen LogP contribution in [0.25, 0.3) is 0 Å². The van der Waals surface area contributed by atoms with Crippen LogP contribution in [0.5, 0.6) is 0 Å². The number of aldehydes is 1. The highest BCUT2D eigenvalue weighted by Gasteiger charge is 2.44. The van der Waals surface area contributed by atoms with Gasteiger partial charge in [0.1, 0.15) is 6.29 Å². The summed E-state index contributed by atoms with van der Waals surface area (Å²) in [6.45, 7) is 11.6. The first-order chi connectivity index (χ1) is 13.0. The van der Waals surface area contributed by atoms with Gasteiger partial charge in [-0.2, -0.15) is 0 Å². The number of carbonyl (C=O) groups is 1. The molecule has 3 nitrogen and oxygen atoms in total. The zero-order valence-corrected chi connectivity index (χ0v) is 18.0. The van der Waals surface area contributed by atoms with Crippen LogP contribution in [0.1, 0.15) is 54.4 Å². The Morgan fingerprint density at radius 1 is 0.964 bits per heavy atom. The van der Waals surface area contributed by atoms with Gasteiger partial charge in [-0.25, -0.2) is 0 Å². The maximum absolute atomic E-state index is 10.7. The minimum absolute atomic E-state index is 0.296. The van der Waals surface area contributed by atoms with Gasteiger partial charge in [-0.1, -0.05) is 62.0 Å².